The first-order chi connectivity index (χ1) is 10.0. The predicted octanol–water partition coefficient (Wildman–Crippen LogP) is 1.03. The molecule has 0 saturated carbocycles. The Morgan fingerprint density at radius 2 is 1.48 bits per heavy atom. The Labute approximate surface area is 131 Å². The summed E-state index contributed by atoms with van der Waals surface area (Å²) in [6, 6.07) is 6.64. The van der Waals surface area contributed by atoms with Crippen LogP contribution in [0.15, 0.2) is 24.3 Å². The summed E-state index contributed by atoms with van der Waals surface area (Å²) in [5.74, 6) is 0.331. The van der Waals surface area contributed by atoms with Crippen LogP contribution in [-0.2, 0) is 0 Å². The number of nitrogens with one attached hydrogen (secondary N) is 2. The summed E-state index contributed by atoms with van der Waals surface area (Å²) in [6.07, 6.45) is 0.906. The van der Waals surface area contributed by atoms with Gasteiger partial charge in [-0.3, -0.25) is 9.59 Å². The second-order valence-electron chi connectivity index (χ2n) is 4.97. The molecule has 116 valence electrons. The summed E-state index contributed by atoms with van der Waals surface area (Å²) in [5.41, 5.74) is 1.10. The molecule has 0 aromatic heterocycles. The summed E-state index contributed by atoms with van der Waals surface area (Å²) < 4.78 is 0. The van der Waals surface area contributed by atoms with Gasteiger partial charge in [0, 0.05) is 30.0 Å². The number of hydrogen-bond acceptors (Lipinski definition) is 4. The zero-order valence-corrected chi connectivity index (χ0v) is 13.5. The molecule has 0 spiro atoms. The van der Waals surface area contributed by atoms with E-state index in [0.29, 0.717) is 30.0 Å². The van der Waals surface area contributed by atoms with E-state index in [4.69, 9.17) is 0 Å². The molecule has 0 unspecified atom stereocenters. The highest BCUT2D eigenvalue weighted by Gasteiger charge is 2.08. The molecule has 1 aromatic rings. The number of amides is 2. The number of nitrogens with zero attached hydrogens (tertiary/aromatic N) is 1. The molecular weight excluding hydrogens is 286 g/mol. The molecule has 0 fully saturated rings. The van der Waals surface area contributed by atoms with Crippen LogP contribution in [-0.4, -0.2) is 56.2 Å². The summed E-state index contributed by atoms with van der Waals surface area (Å²) in [4.78, 5) is 25.7. The van der Waals surface area contributed by atoms with Crippen LogP contribution in [0.4, 0.5) is 0 Å². The molecule has 1 aromatic carbocycles. The van der Waals surface area contributed by atoms with Crippen LogP contribution >= 0.6 is 12.6 Å². The second kappa shape index (κ2) is 9.41. The maximum absolute atomic E-state index is 11.9. The lowest BCUT2D eigenvalue weighted by atomic mass is 10.1. The van der Waals surface area contributed by atoms with Crippen LogP contribution in [0, 0.1) is 0 Å². The molecule has 0 saturated heterocycles. The molecule has 0 atom stereocenters. The van der Waals surface area contributed by atoms with Gasteiger partial charge in [-0.2, -0.15) is 12.6 Å². The van der Waals surface area contributed by atoms with E-state index in [1.807, 2.05) is 14.1 Å². The lowest BCUT2D eigenvalue weighted by Gasteiger charge is -2.10. The van der Waals surface area contributed by atoms with Crippen LogP contribution in [0.25, 0.3) is 0 Å². The van der Waals surface area contributed by atoms with Gasteiger partial charge in [0.05, 0.1) is 0 Å². The molecule has 0 radical (unpaired) electrons. The number of benzene rings is 1. The highest BCUT2D eigenvalue weighted by atomic mass is 32.1. The second-order valence-corrected chi connectivity index (χ2v) is 5.42. The van der Waals surface area contributed by atoms with Crippen molar-refractivity contribution in [3.05, 3.63) is 35.4 Å². The van der Waals surface area contributed by atoms with Crippen molar-refractivity contribution in [2.24, 2.45) is 0 Å². The zero-order chi connectivity index (χ0) is 15.7. The lowest BCUT2D eigenvalue weighted by Crippen LogP contribution is -2.27. The number of hydrogen-bond donors (Lipinski definition) is 3. The summed E-state index contributed by atoms with van der Waals surface area (Å²) in [5, 5.41) is 5.59. The van der Waals surface area contributed by atoms with Crippen molar-refractivity contribution in [1.82, 2.24) is 15.5 Å². The van der Waals surface area contributed by atoms with Gasteiger partial charge in [0.15, 0.2) is 0 Å². The number of thiol groups is 1. The molecular formula is C15H23N3O2S. The third-order valence-corrected chi connectivity index (χ3v) is 3.10. The van der Waals surface area contributed by atoms with Crippen molar-refractivity contribution in [3.63, 3.8) is 0 Å². The maximum atomic E-state index is 11.9. The molecule has 6 heteroatoms. The molecule has 5 nitrogen and oxygen atoms in total. The molecule has 0 aliphatic rings. The molecule has 2 N–H and O–H groups in total. The van der Waals surface area contributed by atoms with E-state index in [0.717, 1.165) is 13.0 Å². The summed E-state index contributed by atoms with van der Waals surface area (Å²) >= 11 is 4.03. The SMILES string of the molecule is CN(C)CCCNC(=O)c1ccc(C(=O)NCCS)cc1. The third kappa shape index (κ3) is 6.64. The average molecular weight is 309 g/mol. The predicted molar refractivity (Wildman–Crippen MR) is 88.1 cm³/mol. The Kier molecular flexibility index (Phi) is 7.85. The molecule has 21 heavy (non-hydrogen) atoms. The number of rotatable bonds is 8. The van der Waals surface area contributed by atoms with Crippen molar-refractivity contribution >= 4 is 24.4 Å². The van der Waals surface area contributed by atoms with Crippen molar-refractivity contribution in [3.8, 4) is 0 Å². The van der Waals surface area contributed by atoms with E-state index in [1.54, 1.807) is 24.3 Å². The van der Waals surface area contributed by atoms with Gasteiger partial charge in [-0.15, -0.1) is 0 Å². The van der Waals surface area contributed by atoms with Crippen molar-refractivity contribution in [2.75, 3.05) is 39.5 Å². The minimum Gasteiger partial charge on any atom is -0.352 e. The first-order valence-corrected chi connectivity index (χ1v) is 7.60. The van der Waals surface area contributed by atoms with E-state index >= 15 is 0 Å². The molecule has 0 bridgehead atoms. The quantitative estimate of drug-likeness (QED) is 0.496. The maximum Gasteiger partial charge on any atom is 0.251 e. The standard InChI is InChI=1S/C15H23N3O2S/c1-18(2)10-3-8-16-14(19)12-4-6-13(7-5-12)15(20)17-9-11-21/h4-7,21H,3,8-11H2,1-2H3,(H,16,19)(H,17,20). The minimum absolute atomic E-state index is 0.115. The highest BCUT2D eigenvalue weighted by Crippen LogP contribution is 2.04. The van der Waals surface area contributed by atoms with Crippen molar-refractivity contribution in [1.29, 1.82) is 0 Å². The Morgan fingerprint density at radius 1 is 1.00 bits per heavy atom. The Bertz CT molecular complexity index is 460. The van der Waals surface area contributed by atoms with E-state index in [2.05, 4.69) is 28.2 Å². The fourth-order valence-corrected chi connectivity index (χ4v) is 1.86. The average Bonchev–Trinajstić information content (AvgIpc) is 2.49. The normalized spacial score (nSPS) is 10.5. The van der Waals surface area contributed by atoms with E-state index in [9.17, 15) is 9.59 Å². The molecule has 0 aliphatic carbocycles. The largest absolute Gasteiger partial charge is 0.352 e. The van der Waals surface area contributed by atoms with Gasteiger partial charge in [-0.25, -0.2) is 0 Å². The van der Waals surface area contributed by atoms with Gasteiger partial charge >= 0.3 is 0 Å². The van der Waals surface area contributed by atoms with Gasteiger partial charge in [-0.05, 0) is 51.3 Å². The first-order valence-electron chi connectivity index (χ1n) is 6.96. The van der Waals surface area contributed by atoms with Crippen molar-refractivity contribution < 1.29 is 9.59 Å². The lowest BCUT2D eigenvalue weighted by molar-refractivity contribution is 0.0942. The third-order valence-electron chi connectivity index (χ3n) is 2.87. The zero-order valence-electron chi connectivity index (χ0n) is 12.6. The van der Waals surface area contributed by atoms with Gasteiger partial charge in [0.2, 0.25) is 0 Å². The Morgan fingerprint density at radius 3 is 1.90 bits per heavy atom. The smallest absolute Gasteiger partial charge is 0.251 e. The molecule has 0 heterocycles. The first kappa shape index (κ1) is 17.5. The minimum atomic E-state index is -0.151. The molecule has 0 aliphatic heterocycles. The van der Waals surface area contributed by atoms with E-state index in [1.165, 1.54) is 0 Å². The van der Waals surface area contributed by atoms with Crippen LogP contribution in [0.2, 0.25) is 0 Å². The van der Waals surface area contributed by atoms with Gasteiger partial charge in [-0.1, -0.05) is 0 Å². The number of carbonyl (C=O) groups is 2. The van der Waals surface area contributed by atoms with Crippen LogP contribution < -0.4 is 10.6 Å². The van der Waals surface area contributed by atoms with E-state index < -0.39 is 0 Å². The number of carbonyl (C=O) groups excluding carboxylic acids is 2. The van der Waals surface area contributed by atoms with Crippen LogP contribution in [0.1, 0.15) is 27.1 Å². The summed E-state index contributed by atoms with van der Waals surface area (Å²) in [6.45, 7) is 2.10. The monoisotopic (exact) mass is 309 g/mol. The van der Waals surface area contributed by atoms with Crippen LogP contribution in [0.3, 0.4) is 0 Å². The molecule has 1 rings (SSSR count). The molecule has 2 amide bonds. The van der Waals surface area contributed by atoms with Gasteiger partial charge in [0.25, 0.3) is 11.8 Å². The Balaban J connectivity index is 2.45. The van der Waals surface area contributed by atoms with E-state index in [-0.39, 0.29) is 11.8 Å². The van der Waals surface area contributed by atoms with Crippen molar-refractivity contribution in [2.45, 2.75) is 6.42 Å². The van der Waals surface area contributed by atoms with Gasteiger partial charge in [0.1, 0.15) is 0 Å². The fraction of sp³-hybridized carbons (Fsp3) is 0.467. The topological polar surface area (TPSA) is 61.4 Å². The Hall–Kier alpha value is -1.53. The highest BCUT2D eigenvalue weighted by molar-refractivity contribution is 7.80. The fourth-order valence-electron chi connectivity index (χ4n) is 1.74. The van der Waals surface area contributed by atoms with Gasteiger partial charge < -0.3 is 15.5 Å². The van der Waals surface area contributed by atoms with Crippen LogP contribution in [0.5, 0.6) is 0 Å². The summed E-state index contributed by atoms with van der Waals surface area (Å²) in [7, 11) is 4.00.